The molecule has 1 spiro atoms. The molecule has 2 N–H and O–H groups in total. The number of amides is 2. The van der Waals surface area contributed by atoms with Gasteiger partial charge in [-0.2, -0.15) is 22.7 Å². The third-order valence-corrected chi connectivity index (χ3v) is 10.2. The van der Waals surface area contributed by atoms with Crippen molar-refractivity contribution in [3.05, 3.63) is 104 Å². The van der Waals surface area contributed by atoms with Crippen LogP contribution in [0.2, 0.25) is 5.02 Å². The molecule has 282 valence electrons. The number of fused-ring (bicyclic) bond motifs is 3. The van der Waals surface area contributed by atoms with Crippen LogP contribution in [0.5, 0.6) is 5.75 Å². The Morgan fingerprint density at radius 2 is 1.80 bits per heavy atom. The maximum absolute atomic E-state index is 14.4. The fourth-order valence-electron chi connectivity index (χ4n) is 7.21. The van der Waals surface area contributed by atoms with Gasteiger partial charge in [-0.25, -0.2) is 9.67 Å². The lowest BCUT2D eigenvalue weighted by atomic mass is 9.85. The van der Waals surface area contributed by atoms with E-state index in [9.17, 15) is 32.7 Å². The lowest BCUT2D eigenvalue weighted by Gasteiger charge is -2.38. The third-order valence-electron chi connectivity index (χ3n) is 9.92. The minimum atomic E-state index is -4.63. The predicted octanol–water partition coefficient (Wildman–Crippen LogP) is 4.74. The SMILES string of the molecule is Cc1nnn(C)c1-c1ccc(-c2nc3n(CC(=O)Nc4ccc(C(F)(F)F)cc4Cl)c4c(c(=O)n3n2)C2(CCN(C(=O)c3ncccc3O)CC2)OC4)cc1. The average molecular weight is 775 g/mol. The summed E-state index contributed by atoms with van der Waals surface area (Å²) in [7, 11) is 1.78. The van der Waals surface area contributed by atoms with Crippen LogP contribution in [0.15, 0.2) is 65.6 Å². The van der Waals surface area contributed by atoms with Gasteiger partial charge in [-0.15, -0.1) is 10.2 Å². The van der Waals surface area contributed by atoms with Crippen molar-refractivity contribution in [1.29, 1.82) is 0 Å². The molecule has 1 fully saturated rings. The van der Waals surface area contributed by atoms with E-state index in [1.807, 2.05) is 19.1 Å². The highest BCUT2D eigenvalue weighted by Gasteiger charge is 2.48. The standard InChI is InChI=1S/C36H30ClF3N10O5/c1-19-30(47(2)46-44-19)20-5-7-21(8-6-20)31-43-34-49(17-27(52)42-24-10-9-22(16-23(24)37)36(38,39)40)25-18-55-35(28(25)32(53)50(34)45-31)11-14-48(15-12-35)33(54)29-26(51)4-3-13-41-29/h3-10,13,16,51H,11-12,14-15,17-18H2,1-2H3,(H,42,52). The third kappa shape index (κ3) is 6.25. The first-order valence-corrected chi connectivity index (χ1v) is 17.4. The Bertz CT molecular complexity index is 2560. The molecular formula is C36H30ClF3N10O5. The quantitative estimate of drug-likeness (QED) is 0.241. The molecule has 6 heterocycles. The fourth-order valence-corrected chi connectivity index (χ4v) is 7.44. The van der Waals surface area contributed by atoms with Crippen molar-refractivity contribution in [3.63, 3.8) is 0 Å². The van der Waals surface area contributed by atoms with Crippen molar-refractivity contribution in [3.8, 4) is 28.4 Å². The molecule has 6 aromatic rings. The van der Waals surface area contributed by atoms with Gasteiger partial charge in [0.05, 0.1) is 45.5 Å². The Morgan fingerprint density at radius 1 is 1.07 bits per heavy atom. The Morgan fingerprint density at radius 3 is 2.45 bits per heavy atom. The largest absolute Gasteiger partial charge is 0.505 e. The number of ether oxygens (including phenoxy) is 1. The Labute approximate surface area is 313 Å². The number of aryl methyl sites for hydroxylation is 2. The molecule has 8 rings (SSSR count). The molecule has 0 aliphatic carbocycles. The number of anilines is 1. The van der Waals surface area contributed by atoms with Gasteiger partial charge >= 0.3 is 6.18 Å². The smallest absolute Gasteiger partial charge is 0.416 e. The number of hydrogen-bond acceptors (Lipinski definition) is 10. The molecule has 1 saturated heterocycles. The molecule has 55 heavy (non-hydrogen) atoms. The van der Waals surface area contributed by atoms with Crippen LogP contribution in [0.25, 0.3) is 28.4 Å². The number of aromatic nitrogens is 8. The van der Waals surface area contributed by atoms with E-state index in [4.69, 9.17) is 21.3 Å². The number of carbonyl (C=O) groups excluding carboxylic acids is 2. The fraction of sp³-hybridized carbons (Fsp3) is 0.278. The van der Waals surface area contributed by atoms with Gasteiger partial charge < -0.3 is 24.6 Å². The van der Waals surface area contributed by atoms with Gasteiger partial charge in [-0.3, -0.25) is 14.4 Å². The van der Waals surface area contributed by atoms with Gasteiger partial charge in [0.2, 0.25) is 11.7 Å². The molecule has 19 heteroatoms. The number of piperidine rings is 1. The van der Waals surface area contributed by atoms with Crippen LogP contribution >= 0.6 is 11.6 Å². The molecule has 2 aliphatic rings. The molecule has 0 unspecified atom stereocenters. The summed E-state index contributed by atoms with van der Waals surface area (Å²) >= 11 is 6.14. The normalized spacial score (nSPS) is 15.1. The van der Waals surface area contributed by atoms with E-state index >= 15 is 0 Å². The summed E-state index contributed by atoms with van der Waals surface area (Å²) in [6.07, 6.45) is -2.81. The maximum Gasteiger partial charge on any atom is 0.416 e. The molecule has 0 radical (unpaired) electrons. The zero-order valence-corrected chi connectivity index (χ0v) is 29.9. The molecule has 15 nitrogen and oxygen atoms in total. The number of rotatable bonds is 6. The number of likely N-dealkylation sites (tertiary alicyclic amines) is 1. The number of benzene rings is 2. The van der Waals surface area contributed by atoms with Gasteiger partial charge in [-0.1, -0.05) is 41.1 Å². The summed E-state index contributed by atoms with van der Waals surface area (Å²) in [4.78, 5) is 51.5. The van der Waals surface area contributed by atoms with Crippen molar-refractivity contribution in [2.45, 2.75) is 44.7 Å². The highest BCUT2D eigenvalue weighted by Crippen LogP contribution is 2.43. The predicted molar refractivity (Wildman–Crippen MR) is 190 cm³/mol. The number of nitrogens with one attached hydrogen (secondary N) is 1. The lowest BCUT2D eigenvalue weighted by molar-refractivity contribution is -0.137. The Hall–Kier alpha value is -6.14. The van der Waals surface area contributed by atoms with Crippen LogP contribution in [0.3, 0.4) is 0 Å². The van der Waals surface area contributed by atoms with Gasteiger partial charge in [-0.05, 0) is 50.1 Å². The summed E-state index contributed by atoms with van der Waals surface area (Å²) in [5.74, 6) is -1.17. The zero-order chi connectivity index (χ0) is 38.8. The van der Waals surface area contributed by atoms with Crippen molar-refractivity contribution >= 4 is 34.9 Å². The molecule has 0 bridgehead atoms. The van der Waals surface area contributed by atoms with Gasteiger partial charge in [0.1, 0.15) is 17.9 Å². The monoisotopic (exact) mass is 774 g/mol. The van der Waals surface area contributed by atoms with Crippen LogP contribution in [0.4, 0.5) is 18.9 Å². The molecule has 0 atom stereocenters. The molecule has 2 aliphatic heterocycles. The van der Waals surface area contributed by atoms with Crippen molar-refractivity contribution in [2.24, 2.45) is 7.05 Å². The summed E-state index contributed by atoms with van der Waals surface area (Å²) in [5.41, 5.74) is 0.812. The van der Waals surface area contributed by atoms with E-state index in [0.717, 1.165) is 39.7 Å². The van der Waals surface area contributed by atoms with Gasteiger partial charge in [0.15, 0.2) is 11.5 Å². The number of aromatic hydroxyl groups is 1. The van der Waals surface area contributed by atoms with Crippen LogP contribution in [-0.2, 0) is 41.5 Å². The maximum atomic E-state index is 14.4. The zero-order valence-electron chi connectivity index (χ0n) is 29.1. The van der Waals surface area contributed by atoms with E-state index < -0.39 is 41.3 Å². The minimum Gasteiger partial charge on any atom is -0.505 e. The second-order valence-electron chi connectivity index (χ2n) is 13.3. The second kappa shape index (κ2) is 13.3. The number of carbonyl (C=O) groups is 2. The number of pyridine rings is 1. The van der Waals surface area contributed by atoms with Crippen LogP contribution < -0.4 is 10.9 Å². The topological polar surface area (TPSA) is 175 Å². The summed E-state index contributed by atoms with van der Waals surface area (Å²) in [6, 6.07) is 12.7. The van der Waals surface area contributed by atoms with Crippen molar-refractivity contribution in [2.75, 3.05) is 18.4 Å². The number of nitrogens with zero attached hydrogens (tertiary/aromatic N) is 9. The molecule has 2 amide bonds. The Kier molecular flexibility index (Phi) is 8.68. The number of alkyl halides is 3. The molecule has 4 aromatic heterocycles. The summed E-state index contributed by atoms with van der Waals surface area (Å²) in [6.45, 7) is 1.66. The van der Waals surface area contributed by atoms with Crippen LogP contribution in [0, 0.1) is 6.92 Å². The van der Waals surface area contributed by atoms with E-state index in [2.05, 4.69) is 25.7 Å². The molecular weight excluding hydrogens is 745 g/mol. The van der Waals surface area contributed by atoms with Crippen LogP contribution in [-0.4, -0.2) is 74.1 Å². The second-order valence-corrected chi connectivity index (χ2v) is 13.7. The minimum absolute atomic E-state index is 0.0297. The molecule has 2 aromatic carbocycles. The first-order chi connectivity index (χ1) is 26.2. The number of halogens is 4. The number of hydrogen-bond donors (Lipinski definition) is 2. The highest BCUT2D eigenvalue weighted by molar-refractivity contribution is 6.33. The molecule has 0 saturated carbocycles. The first-order valence-electron chi connectivity index (χ1n) is 17.0. The van der Waals surface area contributed by atoms with E-state index in [-0.39, 0.29) is 71.9 Å². The summed E-state index contributed by atoms with van der Waals surface area (Å²) in [5, 5.41) is 25.2. The summed E-state index contributed by atoms with van der Waals surface area (Å²) < 4.78 is 50.4. The van der Waals surface area contributed by atoms with E-state index in [1.165, 1.54) is 27.8 Å². The highest BCUT2D eigenvalue weighted by atomic mass is 35.5. The van der Waals surface area contributed by atoms with E-state index in [1.54, 1.807) is 23.9 Å². The van der Waals surface area contributed by atoms with Crippen LogP contribution in [0.1, 0.15) is 45.8 Å². The van der Waals surface area contributed by atoms with Crippen molar-refractivity contribution in [1.82, 2.24) is 44.0 Å². The van der Waals surface area contributed by atoms with Gasteiger partial charge in [0, 0.05) is 37.5 Å². The van der Waals surface area contributed by atoms with Gasteiger partial charge in [0.25, 0.3) is 11.5 Å². The Balaban J connectivity index is 1.16. The lowest BCUT2D eigenvalue weighted by Crippen LogP contribution is -2.47. The first kappa shape index (κ1) is 35.9. The average Bonchev–Trinajstić information content (AvgIpc) is 3.86. The van der Waals surface area contributed by atoms with Crippen molar-refractivity contribution < 1.29 is 32.6 Å². The van der Waals surface area contributed by atoms with E-state index in [0.29, 0.717) is 11.3 Å².